The molecule has 1 saturated carbocycles. The Labute approximate surface area is 145 Å². The summed E-state index contributed by atoms with van der Waals surface area (Å²) in [4.78, 5) is 25.0. The van der Waals surface area contributed by atoms with Crippen molar-refractivity contribution in [2.45, 2.75) is 36.3 Å². The van der Waals surface area contributed by atoms with Gasteiger partial charge in [0.15, 0.2) is 0 Å². The number of benzene rings is 1. The second-order valence-corrected chi connectivity index (χ2v) is 7.98. The molecule has 0 aromatic heterocycles. The molecule has 2 fully saturated rings. The predicted molar refractivity (Wildman–Crippen MR) is 87.7 cm³/mol. The van der Waals surface area contributed by atoms with Crippen LogP contribution in [0.25, 0.3) is 0 Å². The molecule has 1 saturated heterocycles. The van der Waals surface area contributed by atoms with E-state index in [0.717, 1.165) is 12.8 Å². The lowest BCUT2D eigenvalue weighted by molar-refractivity contribution is -0.141. The van der Waals surface area contributed by atoms with E-state index in [4.69, 9.17) is 9.84 Å². The van der Waals surface area contributed by atoms with Crippen LogP contribution in [0.5, 0.6) is 0 Å². The Morgan fingerprint density at radius 2 is 1.92 bits per heavy atom. The molecule has 2 aliphatic rings. The van der Waals surface area contributed by atoms with E-state index in [1.54, 1.807) is 0 Å². The van der Waals surface area contributed by atoms with Gasteiger partial charge < -0.3 is 14.7 Å². The molecule has 1 aliphatic carbocycles. The van der Waals surface area contributed by atoms with Crippen LogP contribution < -0.4 is 4.72 Å². The largest absolute Gasteiger partial charge is 0.481 e. The summed E-state index contributed by atoms with van der Waals surface area (Å²) < 4.78 is 32.2. The monoisotopic (exact) mass is 368 g/mol. The number of nitrogens with zero attached hydrogens (tertiary/aromatic N) is 1. The van der Waals surface area contributed by atoms with Crippen molar-refractivity contribution in [3.05, 3.63) is 29.8 Å². The van der Waals surface area contributed by atoms with Gasteiger partial charge in [-0.3, -0.25) is 9.59 Å². The molecule has 0 radical (unpaired) electrons. The highest BCUT2D eigenvalue weighted by molar-refractivity contribution is 7.89. The van der Waals surface area contributed by atoms with Crippen molar-refractivity contribution in [3.63, 3.8) is 0 Å². The first-order chi connectivity index (χ1) is 11.8. The van der Waals surface area contributed by atoms with Gasteiger partial charge in [0.05, 0.1) is 24.0 Å². The molecule has 8 nitrogen and oxygen atoms in total. The topological polar surface area (TPSA) is 113 Å². The van der Waals surface area contributed by atoms with E-state index in [1.807, 2.05) is 0 Å². The number of hydrogen-bond donors (Lipinski definition) is 2. The standard InChI is InChI=1S/C16H20N2O6S/c19-15(20)9-13-10-18(7-8-24-13)16(21)11-1-5-14(6-2-11)25(22,23)17-12-3-4-12/h1-2,5-6,12-13,17H,3-4,7-10H2,(H,19,20). The number of carbonyl (C=O) groups is 2. The van der Waals surface area contributed by atoms with Gasteiger partial charge in [0.25, 0.3) is 5.91 Å². The first-order valence-corrected chi connectivity index (χ1v) is 9.58. The Morgan fingerprint density at radius 1 is 1.24 bits per heavy atom. The van der Waals surface area contributed by atoms with Crippen molar-refractivity contribution in [1.29, 1.82) is 0 Å². The quantitative estimate of drug-likeness (QED) is 0.753. The van der Waals surface area contributed by atoms with Gasteiger partial charge in [-0.05, 0) is 37.1 Å². The number of morpholine rings is 1. The number of carboxylic acid groups (broad SMARTS) is 1. The Balaban J connectivity index is 1.67. The predicted octanol–water partition coefficient (Wildman–Crippen LogP) is 0.443. The van der Waals surface area contributed by atoms with Crippen LogP contribution in [0.4, 0.5) is 0 Å². The summed E-state index contributed by atoms with van der Waals surface area (Å²) >= 11 is 0. The summed E-state index contributed by atoms with van der Waals surface area (Å²) in [6, 6.07) is 5.79. The van der Waals surface area contributed by atoms with Gasteiger partial charge in [0.1, 0.15) is 0 Å². The average molecular weight is 368 g/mol. The second kappa shape index (κ2) is 7.11. The van der Waals surface area contributed by atoms with E-state index < -0.39 is 22.1 Å². The smallest absolute Gasteiger partial charge is 0.306 e. The second-order valence-electron chi connectivity index (χ2n) is 6.26. The van der Waals surface area contributed by atoms with Crippen LogP contribution in [0.2, 0.25) is 0 Å². The average Bonchev–Trinajstić information content (AvgIpc) is 3.37. The zero-order valence-corrected chi connectivity index (χ0v) is 14.4. The summed E-state index contributed by atoms with van der Waals surface area (Å²) in [6.45, 7) is 0.855. The molecule has 1 aliphatic heterocycles. The third kappa shape index (κ3) is 4.56. The Bertz CT molecular complexity index is 757. The number of hydrogen-bond acceptors (Lipinski definition) is 5. The summed E-state index contributed by atoms with van der Waals surface area (Å²) in [5.41, 5.74) is 0.362. The third-order valence-electron chi connectivity index (χ3n) is 4.14. The number of sulfonamides is 1. The van der Waals surface area contributed by atoms with E-state index in [0.29, 0.717) is 12.1 Å². The van der Waals surface area contributed by atoms with Crippen molar-refractivity contribution >= 4 is 21.9 Å². The molecule has 9 heteroatoms. The first kappa shape index (κ1) is 17.8. The number of carbonyl (C=O) groups excluding carboxylic acids is 1. The van der Waals surface area contributed by atoms with Crippen molar-refractivity contribution in [2.24, 2.45) is 0 Å². The molecule has 1 aromatic rings. The molecule has 25 heavy (non-hydrogen) atoms. The number of rotatable bonds is 6. The fraction of sp³-hybridized carbons (Fsp3) is 0.500. The van der Waals surface area contributed by atoms with Crippen molar-refractivity contribution in [1.82, 2.24) is 9.62 Å². The first-order valence-electron chi connectivity index (χ1n) is 8.10. The molecule has 3 rings (SSSR count). The molecule has 0 spiro atoms. The van der Waals surface area contributed by atoms with Crippen LogP contribution >= 0.6 is 0 Å². The Hall–Kier alpha value is -1.97. The van der Waals surface area contributed by atoms with Crippen LogP contribution in [0.3, 0.4) is 0 Å². The fourth-order valence-corrected chi connectivity index (χ4v) is 3.97. The molecule has 0 bridgehead atoms. The number of ether oxygens (including phenoxy) is 1. The normalized spacial score (nSPS) is 21.1. The maximum atomic E-state index is 12.5. The third-order valence-corrected chi connectivity index (χ3v) is 5.68. The summed E-state index contributed by atoms with van der Waals surface area (Å²) in [5, 5.41) is 8.83. The maximum absolute atomic E-state index is 12.5. The van der Waals surface area contributed by atoms with Crippen molar-refractivity contribution in [2.75, 3.05) is 19.7 Å². The molecule has 1 unspecified atom stereocenters. The van der Waals surface area contributed by atoms with Gasteiger partial charge in [-0.15, -0.1) is 0 Å². The van der Waals surface area contributed by atoms with Crippen LogP contribution in [-0.2, 0) is 19.6 Å². The lowest BCUT2D eigenvalue weighted by Gasteiger charge is -2.32. The van der Waals surface area contributed by atoms with Crippen LogP contribution in [0.1, 0.15) is 29.6 Å². The maximum Gasteiger partial charge on any atom is 0.306 e. The van der Waals surface area contributed by atoms with E-state index in [1.165, 1.54) is 29.2 Å². The lowest BCUT2D eigenvalue weighted by Crippen LogP contribution is -2.46. The summed E-state index contributed by atoms with van der Waals surface area (Å²) in [7, 11) is -3.55. The molecule has 2 N–H and O–H groups in total. The Morgan fingerprint density at radius 3 is 2.52 bits per heavy atom. The minimum atomic E-state index is -3.55. The van der Waals surface area contributed by atoms with E-state index in [9.17, 15) is 18.0 Å². The van der Waals surface area contributed by atoms with Gasteiger partial charge in [0.2, 0.25) is 10.0 Å². The van der Waals surface area contributed by atoms with Crippen LogP contribution in [0.15, 0.2) is 29.2 Å². The van der Waals surface area contributed by atoms with Crippen molar-refractivity contribution < 1.29 is 27.9 Å². The van der Waals surface area contributed by atoms with Gasteiger partial charge in [0, 0.05) is 24.7 Å². The van der Waals surface area contributed by atoms with E-state index in [2.05, 4.69) is 4.72 Å². The zero-order chi connectivity index (χ0) is 18.0. The van der Waals surface area contributed by atoms with E-state index >= 15 is 0 Å². The number of aliphatic carboxylic acids is 1. The molecule has 1 aromatic carbocycles. The highest BCUT2D eigenvalue weighted by Crippen LogP contribution is 2.22. The minimum Gasteiger partial charge on any atom is -0.481 e. The summed E-state index contributed by atoms with van der Waals surface area (Å²) in [5.74, 6) is -1.24. The van der Waals surface area contributed by atoms with Crippen LogP contribution in [0, 0.1) is 0 Å². The fourth-order valence-electron chi connectivity index (χ4n) is 2.67. The highest BCUT2D eigenvalue weighted by atomic mass is 32.2. The summed E-state index contributed by atoms with van der Waals surface area (Å²) in [6.07, 6.45) is 1.01. The zero-order valence-electron chi connectivity index (χ0n) is 13.6. The lowest BCUT2D eigenvalue weighted by atomic mass is 10.1. The molecular formula is C16H20N2O6S. The van der Waals surface area contributed by atoms with Gasteiger partial charge in [-0.1, -0.05) is 0 Å². The minimum absolute atomic E-state index is 0.0193. The molecule has 1 atom stereocenters. The molecule has 136 valence electrons. The van der Waals surface area contributed by atoms with Gasteiger partial charge in [-0.25, -0.2) is 13.1 Å². The van der Waals surface area contributed by atoms with Crippen molar-refractivity contribution in [3.8, 4) is 0 Å². The van der Waals surface area contributed by atoms with E-state index in [-0.39, 0.29) is 36.4 Å². The highest BCUT2D eigenvalue weighted by Gasteiger charge is 2.29. The van der Waals surface area contributed by atoms with Crippen LogP contribution in [-0.4, -0.2) is 62.1 Å². The SMILES string of the molecule is O=C(O)CC1CN(C(=O)c2ccc(S(=O)(=O)NC3CC3)cc2)CCO1. The number of amides is 1. The number of nitrogens with one attached hydrogen (secondary N) is 1. The molecular weight excluding hydrogens is 348 g/mol. The Kier molecular flexibility index (Phi) is 5.07. The van der Waals surface area contributed by atoms with Gasteiger partial charge >= 0.3 is 5.97 Å². The molecule has 1 amide bonds. The number of carboxylic acids is 1. The molecule has 1 heterocycles. The van der Waals surface area contributed by atoms with Gasteiger partial charge in [-0.2, -0.15) is 0 Å².